The quantitative estimate of drug-likeness (QED) is 0.640. The summed E-state index contributed by atoms with van der Waals surface area (Å²) in [4.78, 5) is 43.7. The van der Waals surface area contributed by atoms with Crippen LogP contribution in [0.25, 0.3) is 6.08 Å². The molecule has 0 unspecified atom stereocenters. The van der Waals surface area contributed by atoms with Crippen LogP contribution in [0, 0.1) is 11.3 Å². The average molecular weight is 459 g/mol. The minimum absolute atomic E-state index is 0.0795. The molecule has 0 aromatic carbocycles. The first-order chi connectivity index (χ1) is 15.7. The molecule has 2 aliphatic heterocycles. The van der Waals surface area contributed by atoms with Gasteiger partial charge in [0.1, 0.15) is 12.1 Å². The molecule has 1 fully saturated rings. The number of allylic oxidation sites excluding steroid dienone is 1. The van der Waals surface area contributed by atoms with Gasteiger partial charge in [-0.15, -0.1) is 0 Å². The number of esters is 1. The number of nitrogens with zero attached hydrogens (tertiary/aromatic N) is 2. The molecule has 8 nitrogen and oxygen atoms in total. The Morgan fingerprint density at radius 3 is 2.73 bits per heavy atom. The van der Waals surface area contributed by atoms with Gasteiger partial charge in [-0.3, -0.25) is 9.59 Å². The fourth-order valence-electron chi connectivity index (χ4n) is 4.27. The number of hydrogen-bond acceptors (Lipinski definition) is 6. The molecule has 8 heteroatoms. The Balaban J connectivity index is 1.91. The van der Waals surface area contributed by atoms with Crippen LogP contribution in [0.5, 0.6) is 5.88 Å². The van der Waals surface area contributed by atoms with Crippen molar-refractivity contribution in [2.24, 2.45) is 11.3 Å². The maximum atomic E-state index is 13.5. The summed E-state index contributed by atoms with van der Waals surface area (Å²) in [6, 6.07) is 2.71. The van der Waals surface area contributed by atoms with Gasteiger partial charge in [0, 0.05) is 18.2 Å². The van der Waals surface area contributed by atoms with E-state index in [4.69, 9.17) is 9.47 Å². The largest absolute Gasteiger partial charge is 0.480 e. The second-order valence-electron chi connectivity index (χ2n) is 9.81. The molecule has 1 aromatic rings. The van der Waals surface area contributed by atoms with E-state index in [9.17, 15) is 19.5 Å². The van der Waals surface area contributed by atoms with Crippen LogP contribution in [-0.2, 0) is 19.1 Å². The van der Waals surface area contributed by atoms with E-state index in [-0.39, 0.29) is 25.3 Å². The van der Waals surface area contributed by atoms with Crippen LogP contribution in [0.15, 0.2) is 24.4 Å². The third-order valence-corrected chi connectivity index (χ3v) is 6.20. The van der Waals surface area contributed by atoms with Gasteiger partial charge in [-0.2, -0.15) is 0 Å². The van der Waals surface area contributed by atoms with E-state index in [1.54, 1.807) is 6.20 Å². The van der Waals surface area contributed by atoms with E-state index in [0.29, 0.717) is 12.5 Å². The van der Waals surface area contributed by atoms with Crippen molar-refractivity contribution >= 4 is 23.9 Å². The summed E-state index contributed by atoms with van der Waals surface area (Å²) in [5.74, 6) is -2.15. The second-order valence-corrected chi connectivity index (χ2v) is 9.81. The molecule has 1 saturated heterocycles. The molecule has 33 heavy (non-hydrogen) atoms. The zero-order chi connectivity index (χ0) is 24.0. The molecule has 1 amide bonds. The summed E-state index contributed by atoms with van der Waals surface area (Å²) in [5.41, 5.74) is 0.273. The van der Waals surface area contributed by atoms with Crippen LogP contribution < -0.4 is 4.74 Å². The molecule has 0 radical (unpaired) electrons. The van der Waals surface area contributed by atoms with E-state index >= 15 is 0 Å². The Morgan fingerprint density at radius 2 is 2.00 bits per heavy atom. The van der Waals surface area contributed by atoms with Crippen molar-refractivity contribution in [1.82, 2.24) is 9.88 Å². The second kappa shape index (κ2) is 10.8. The topological polar surface area (TPSA) is 106 Å². The van der Waals surface area contributed by atoms with E-state index in [2.05, 4.69) is 11.1 Å². The van der Waals surface area contributed by atoms with Crippen molar-refractivity contribution < 1.29 is 29.0 Å². The third kappa shape index (κ3) is 6.55. The number of cyclic esters (lactones) is 1. The number of carboxylic acids is 1. The van der Waals surface area contributed by atoms with Crippen LogP contribution >= 0.6 is 0 Å². The number of fused-ring (bicyclic) bond motifs is 3. The molecule has 1 N–H and O–H groups in total. The number of hydrogen-bond donors (Lipinski definition) is 1. The number of pyridine rings is 1. The standard InChI is InChI=1S/C25H34N2O6/c1-25(2,3)19-15-21(28)32-13-8-6-4-5-7-10-17-11-9-12-26-22(17)33-18-14-20(24(30)31)27(16-18)23(19)29/h7,9-12,18-20H,4-6,8,13-16H2,1-3H3,(H,30,31)/b10-7+/t18-,19-,20+/m1/s1. The molecule has 3 rings (SSSR count). The maximum Gasteiger partial charge on any atom is 0.326 e. The number of carbonyl (C=O) groups is 3. The van der Waals surface area contributed by atoms with Gasteiger partial charge >= 0.3 is 11.9 Å². The minimum atomic E-state index is -1.09. The number of aliphatic carboxylic acids is 1. The predicted molar refractivity (Wildman–Crippen MR) is 122 cm³/mol. The Bertz CT molecular complexity index is 891. The molecule has 0 aliphatic carbocycles. The fraction of sp³-hybridized carbons (Fsp3) is 0.600. The fourth-order valence-corrected chi connectivity index (χ4v) is 4.27. The van der Waals surface area contributed by atoms with Crippen molar-refractivity contribution in [3.05, 3.63) is 30.0 Å². The van der Waals surface area contributed by atoms with Gasteiger partial charge in [0.15, 0.2) is 0 Å². The highest BCUT2D eigenvalue weighted by atomic mass is 16.5. The van der Waals surface area contributed by atoms with Crippen molar-refractivity contribution in [1.29, 1.82) is 0 Å². The molecule has 0 saturated carbocycles. The first-order valence-electron chi connectivity index (χ1n) is 11.6. The van der Waals surface area contributed by atoms with E-state index in [1.807, 2.05) is 39.0 Å². The van der Waals surface area contributed by atoms with Gasteiger partial charge in [-0.25, -0.2) is 9.78 Å². The summed E-state index contributed by atoms with van der Waals surface area (Å²) in [6.45, 7) is 6.07. The predicted octanol–water partition coefficient (Wildman–Crippen LogP) is 3.70. The van der Waals surface area contributed by atoms with E-state index in [0.717, 1.165) is 31.2 Å². The van der Waals surface area contributed by atoms with Gasteiger partial charge < -0.3 is 19.5 Å². The van der Waals surface area contributed by atoms with E-state index < -0.39 is 35.4 Å². The Hall–Kier alpha value is -2.90. The Morgan fingerprint density at radius 1 is 1.21 bits per heavy atom. The Kier molecular flexibility index (Phi) is 8.10. The minimum Gasteiger partial charge on any atom is -0.480 e. The number of carboxylic acid groups (broad SMARTS) is 1. The first kappa shape index (κ1) is 24.7. The molecule has 180 valence electrons. The normalized spacial score (nSPS) is 26.4. The smallest absolute Gasteiger partial charge is 0.326 e. The van der Waals surface area contributed by atoms with Gasteiger partial charge in [0.25, 0.3) is 0 Å². The lowest BCUT2D eigenvalue weighted by Gasteiger charge is -2.33. The highest BCUT2D eigenvalue weighted by Gasteiger charge is 2.46. The summed E-state index contributed by atoms with van der Waals surface area (Å²) >= 11 is 0. The van der Waals surface area contributed by atoms with Gasteiger partial charge in [0.2, 0.25) is 11.8 Å². The lowest BCUT2D eigenvalue weighted by Crippen LogP contribution is -2.47. The van der Waals surface area contributed by atoms with Crippen molar-refractivity contribution in [3.8, 4) is 5.88 Å². The van der Waals surface area contributed by atoms with Gasteiger partial charge in [0.05, 0.1) is 25.5 Å². The lowest BCUT2D eigenvalue weighted by molar-refractivity contribution is -0.155. The number of rotatable bonds is 1. The zero-order valence-corrected chi connectivity index (χ0v) is 19.7. The van der Waals surface area contributed by atoms with Crippen LogP contribution in [0.3, 0.4) is 0 Å². The number of ether oxygens (including phenoxy) is 2. The monoisotopic (exact) mass is 458 g/mol. The van der Waals surface area contributed by atoms with Crippen molar-refractivity contribution in [2.45, 2.75) is 71.4 Å². The summed E-state index contributed by atoms with van der Waals surface area (Å²) in [6.07, 6.45) is 8.72. The van der Waals surface area contributed by atoms with Crippen LogP contribution in [-0.4, -0.2) is 58.1 Å². The van der Waals surface area contributed by atoms with Crippen molar-refractivity contribution in [3.63, 3.8) is 0 Å². The summed E-state index contributed by atoms with van der Waals surface area (Å²) < 4.78 is 11.5. The molecule has 0 spiro atoms. The van der Waals surface area contributed by atoms with Crippen molar-refractivity contribution in [2.75, 3.05) is 13.2 Å². The molecule has 3 atom stereocenters. The number of amides is 1. The summed E-state index contributed by atoms with van der Waals surface area (Å²) in [7, 11) is 0. The zero-order valence-electron chi connectivity index (χ0n) is 19.7. The lowest BCUT2D eigenvalue weighted by atomic mass is 9.77. The number of carbonyl (C=O) groups excluding carboxylic acids is 2. The maximum absolute atomic E-state index is 13.5. The first-order valence-corrected chi connectivity index (χ1v) is 11.6. The highest BCUT2D eigenvalue weighted by molar-refractivity contribution is 5.88. The van der Waals surface area contributed by atoms with Crippen LogP contribution in [0.2, 0.25) is 0 Å². The third-order valence-electron chi connectivity index (χ3n) is 6.20. The molecular formula is C25H34N2O6. The summed E-state index contributed by atoms with van der Waals surface area (Å²) in [5, 5.41) is 9.81. The molecule has 1 aromatic heterocycles. The number of aromatic nitrogens is 1. The molecular weight excluding hydrogens is 424 g/mol. The SMILES string of the molecule is CC(C)(C)[C@@H]1CC(=O)OCCCCC/C=C/c2cccnc2O[C@@H]2C[C@@H](C(=O)O)N(C2)C1=O. The highest BCUT2D eigenvalue weighted by Crippen LogP contribution is 2.34. The molecule has 2 bridgehead atoms. The van der Waals surface area contributed by atoms with E-state index in [1.165, 1.54) is 4.90 Å². The Labute approximate surface area is 195 Å². The van der Waals surface area contributed by atoms with Gasteiger partial charge in [-0.05, 0) is 43.2 Å². The average Bonchev–Trinajstić information content (AvgIpc) is 3.17. The molecule has 3 heterocycles. The van der Waals surface area contributed by atoms with Gasteiger partial charge in [-0.1, -0.05) is 32.9 Å². The molecule has 2 aliphatic rings. The van der Waals surface area contributed by atoms with Crippen LogP contribution in [0.1, 0.15) is 64.9 Å². The van der Waals surface area contributed by atoms with Crippen LogP contribution in [0.4, 0.5) is 0 Å².